The van der Waals surface area contributed by atoms with Crippen molar-refractivity contribution in [3.8, 4) is 11.5 Å². The Morgan fingerprint density at radius 2 is 1.42 bits per heavy atom. The smallest absolute Gasteiger partial charge is 0.251 e. The predicted molar refractivity (Wildman–Crippen MR) is 145 cm³/mol. The highest BCUT2D eigenvalue weighted by molar-refractivity contribution is 5.94. The normalized spacial score (nSPS) is 15.6. The summed E-state index contributed by atoms with van der Waals surface area (Å²) in [6.07, 6.45) is 2.01. The van der Waals surface area contributed by atoms with Gasteiger partial charge in [0.25, 0.3) is 5.91 Å². The van der Waals surface area contributed by atoms with Gasteiger partial charge in [0.05, 0.1) is 0 Å². The van der Waals surface area contributed by atoms with E-state index in [4.69, 9.17) is 4.74 Å². The van der Waals surface area contributed by atoms with Crippen LogP contribution in [0.3, 0.4) is 0 Å². The maximum atomic E-state index is 13.0. The fraction of sp³-hybridized carbons (Fsp3) is 0.219. The van der Waals surface area contributed by atoms with Gasteiger partial charge in [0, 0.05) is 30.6 Å². The summed E-state index contributed by atoms with van der Waals surface area (Å²) in [5.74, 6) is 1.74. The third-order valence-electron chi connectivity index (χ3n) is 6.82. The van der Waals surface area contributed by atoms with Crippen LogP contribution in [0.15, 0.2) is 115 Å². The van der Waals surface area contributed by atoms with Crippen molar-refractivity contribution < 1.29 is 9.53 Å². The predicted octanol–water partition coefficient (Wildman–Crippen LogP) is 6.51. The average Bonchev–Trinajstić information content (AvgIpc) is 3.38. The number of ether oxygens (including phenoxy) is 1. The number of carbonyl (C=O) groups is 1. The molecule has 5 rings (SSSR count). The molecule has 4 aromatic carbocycles. The van der Waals surface area contributed by atoms with Crippen molar-refractivity contribution in [1.29, 1.82) is 0 Å². The SMILES string of the molecule is O=C(NC1CCN(CCC(c2ccccc2)c2ccccc2)C1)c1cccc(Oc2ccccc2)c1. The van der Waals surface area contributed by atoms with Crippen LogP contribution in [-0.2, 0) is 0 Å². The number of nitrogens with zero attached hydrogens (tertiary/aromatic N) is 1. The molecule has 1 heterocycles. The van der Waals surface area contributed by atoms with Crippen molar-refractivity contribution in [2.45, 2.75) is 24.8 Å². The quantitative estimate of drug-likeness (QED) is 0.300. The Balaban J connectivity index is 1.16. The lowest BCUT2D eigenvalue weighted by Gasteiger charge is -2.22. The van der Waals surface area contributed by atoms with Crippen LogP contribution in [-0.4, -0.2) is 36.5 Å². The summed E-state index contributed by atoms with van der Waals surface area (Å²) in [5, 5.41) is 3.23. The van der Waals surface area contributed by atoms with Crippen LogP contribution < -0.4 is 10.1 Å². The lowest BCUT2D eigenvalue weighted by molar-refractivity contribution is 0.0937. The summed E-state index contributed by atoms with van der Waals surface area (Å²) in [7, 11) is 0. The van der Waals surface area contributed by atoms with Gasteiger partial charge in [0.15, 0.2) is 0 Å². The van der Waals surface area contributed by atoms with Crippen LogP contribution in [0.1, 0.15) is 40.2 Å². The van der Waals surface area contributed by atoms with E-state index in [0.29, 0.717) is 17.2 Å². The molecule has 1 aliphatic heterocycles. The molecular formula is C32H32N2O2. The van der Waals surface area contributed by atoms with E-state index in [1.165, 1.54) is 11.1 Å². The summed E-state index contributed by atoms with van der Waals surface area (Å²) in [5.41, 5.74) is 3.32. The number of likely N-dealkylation sites (tertiary alicyclic amines) is 1. The lowest BCUT2D eigenvalue weighted by Crippen LogP contribution is -2.37. The first-order valence-corrected chi connectivity index (χ1v) is 12.7. The highest BCUT2D eigenvalue weighted by Gasteiger charge is 2.25. The van der Waals surface area contributed by atoms with Crippen molar-refractivity contribution in [1.82, 2.24) is 10.2 Å². The minimum atomic E-state index is -0.0493. The van der Waals surface area contributed by atoms with Crippen LogP contribution in [0.25, 0.3) is 0 Å². The van der Waals surface area contributed by atoms with Gasteiger partial charge >= 0.3 is 0 Å². The van der Waals surface area contributed by atoms with Gasteiger partial charge in [-0.15, -0.1) is 0 Å². The Morgan fingerprint density at radius 1 is 0.806 bits per heavy atom. The van der Waals surface area contributed by atoms with E-state index in [1.807, 2.05) is 48.5 Å². The fourth-order valence-corrected chi connectivity index (χ4v) is 4.96. The maximum absolute atomic E-state index is 13.0. The van der Waals surface area contributed by atoms with Crippen molar-refractivity contribution in [3.63, 3.8) is 0 Å². The van der Waals surface area contributed by atoms with Crippen LogP contribution in [0, 0.1) is 0 Å². The molecule has 0 radical (unpaired) electrons. The Bertz CT molecular complexity index is 1210. The van der Waals surface area contributed by atoms with Gasteiger partial charge in [-0.3, -0.25) is 4.79 Å². The molecule has 1 atom stereocenters. The maximum Gasteiger partial charge on any atom is 0.251 e. The van der Waals surface area contributed by atoms with Crippen LogP contribution in [0.4, 0.5) is 0 Å². The second-order valence-corrected chi connectivity index (χ2v) is 9.37. The number of benzene rings is 4. The number of nitrogens with one attached hydrogen (secondary N) is 1. The Kier molecular flexibility index (Phi) is 7.74. The van der Waals surface area contributed by atoms with E-state index in [-0.39, 0.29) is 11.9 Å². The van der Waals surface area contributed by atoms with Crippen molar-refractivity contribution in [2.24, 2.45) is 0 Å². The number of hydrogen-bond donors (Lipinski definition) is 1. The van der Waals surface area contributed by atoms with Gasteiger partial charge in [0.2, 0.25) is 0 Å². The average molecular weight is 477 g/mol. The molecule has 4 nitrogen and oxygen atoms in total. The molecule has 1 amide bonds. The molecule has 0 saturated carbocycles. The van der Waals surface area contributed by atoms with Gasteiger partial charge in [0.1, 0.15) is 11.5 Å². The van der Waals surface area contributed by atoms with Crippen LogP contribution in [0.2, 0.25) is 0 Å². The number of carbonyl (C=O) groups excluding carboxylic acids is 1. The summed E-state index contributed by atoms with van der Waals surface area (Å²) in [4.78, 5) is 15.4. The van der Waals surface area contributed by atoms with E-state index in [1.54, 1.807) is 6.07 Å². The first-order chi connectivity index (χ1) is 17.7. The van der Waals surface area contributed by atoms with E-state index >= 15 is 0 Å². The summed E-state index contributed by atoms with van der Waals surface area (Å²) in [6.45, 7) is 2.88. The molecule has 182 valence electrons. The van der Waals surface area contributed by atoms with Gasteiger partial charge < -0.3 is 15.0 Å². The minimum absolute atomic E-state index is 0.0493. The van der Waals surface area contributed by atoms with E-state index in [9.17, 15) is 4.79 Å². The Morgan fingerprint density at radius 3 is 2.08 bits per heavy atom. The lowest BCUT2D eigenvalue weighted by atomic mass is 9.88. The first kappa shape index (κ1) is 23.8. The topological polar surface area (TPSA) is 41.6 Å². The fourth-order valence-electron chi connectivity index (χ4n) is 4.96. The highest BCUT2D eigenvalue weighted by Crippen LogP contribution is 2.29. The second-order valence-electron chi connectivity index (χ2n) is 9.37. The second kappa shape index (κ2) is 11.7. The van der Waals surface area contributed by atoms with Gasteiger partial charge in [-0.25, -0.2) is 0 Å². The van der Waals surface area contributed by atoms with Crippen molar-refractivity contribution in [3.05, 3.63) is 132 Å². The van der Waals surface area contributed by atoms with Crippen molar-refractivity contribution >= 4 is 5.91 Å². The molecule has 1 saturated heterocycles. The number of para-hydroxylation sites is 1. The number of rotatable bonds is 9. The van der Waals surface area contributed by atoms with Gasteiger partial charge in [-0.2, -0.15) is 0 Å². The zero-order chi connectivity index (χ0) is 24.6. The third-order valence-corrected chi connectivity index (χ3v) is 6.82. The molecule has 36 heavy (non-hydrogen) atoms. The zero-order valence-electron chi connectivity index (χ0n) is 20.4. The molecule has 0 spiro atoms. The number of hydrogen-bond acceptors (Lipinski definition) is 3. The highest BCUT2D eigenvalue weighted by atomic mass is 16.5. The summed E-state index contributed by atoms with van der Waals surface area (Å²) >= 11 is 0. The van der Waals surface area contributed by atoms with Crippen molar-refractivity contribution in [2.75, 3.05) is 19.6 Å². The molecule has 0 bridgehead atoms. The van der Waals surface area contributed by atoms with E-state index in [2.05, 4.69) is 70.9 Å². The molecule has 0 aliphatic carbocycles. The third kappa shape index (κ3) is 6.21. The van der Waals surface area contributed by atoms with Gasteiger partial charge in [-0.05, 0) is 60.8 Å². The zero-order valence-corrected chi connectivity index (χ0v) is 20.4. The summed E-state index contributed by atoms with van der Waals surface area (Å²) in [6, 6.07) is 38.7. The Labute approximate surface area is 213 Å². The summed E-state index contributed by atoms with van der Waals surface area (Å²) < 4.78 is 5.90. The molecule has 4 aromatic rings. The standard InChI is InChI=1S/C32H32N2O2/c35-32(27-15-10-18-30(23-27)36-29-16-8-3-9-17-29)33-28-19-21-34(24-28)22-20-31(25-11-4-1-5-12-25)26-13-6-2-7-14-26/h1-18,23,28,31H,19-22,24H2,(H,33,35). The molecule has 1 fully saturated rings. The minimum Gasteiger partial charge on any atom is -0.457 e. The first-order valence-electron chi connectivity index (χ1n) is 12.7. The van der Waals surface area contributed by atoms with Gasteiger partial charge in [-0.1, -0.05) is 84.9 Å². The van der Waals surface area contributed by atoms with E-state index in [0.717, 1.165) is 38.2 Å². The molecular weight excluding hydrogens is 444 g/mol. The van der Waals surface area contributed by atoms with Crippen LogP contribution >= 0.6 is 0 Å². The number of amides is 1. The van der Waals surface area contributed by atoms with E-state index < -0.39 is 0 Å². The molecule has 1 aliphatic rings. The Hall–Kier alpha value is -3.89. The van der Waals surface area contributed by atoms with Crippen LogP contribution in [0.5, 0.6) is 11.5 Å². The molecule has 1 N–H and O–H groups in total. The molecule has 4 heteroatoms. The monoisotopic (exact) mass is 476 g/mol. The molecule has 1 unspecified atom stereocenters. The molecule has 0 aromatic heterocycles. The largest absolute Gasteiger partial charge is 0.457 e.